The third kappa shape index (κ3) is 4.86. The van der Waals surface area contributed by atoms with Crippen LogP contribution in [0.3, 0.4) is 0 Å². The summed E-state index contributed by atoms with van der Waals surface area (Å²) in [6, 6.07) is 5.82. The van der Waals surface area contributed by atoms with Crippen molar-refractivity contribution in [1.82, 2.24) is 34.4 Å². The van der Waals surface area contributed by atoms with Gasteiger partial charge in [0.2, 0.25) is 11.8 Å². The lowest BCUT2D eigenvalue weighted by Crippen LogP contribution is -2.62. The fourth-order valence-corrected chi connectivity index (χ4v) is 6.59. The average molecular weight is 556 g/mol. The van der Waals surface area contributed by atoms with E-state index < -0.39 is 16.1 Å². The SMILES string of the molecule is C#Cc1ccc2[nH]c(S(=O)(=O)N3CCN(C(=O)N4CCC5=C(N4)OC(C)N5C)C(CC(=O)N(C)C)C3)cc2c1. The number of ether oxygens (including phenoxy) is 1. The van der Waals surface area contributed by atoms with Gasteiger partial charge in [-0.1, -0.05) is 5.92 Å². The Labute approximate surface area is 228 Å². The summed E-state index contributed by atoms with van der Waals surface area (Å²) in [4.78, 5) is 34.4. The first-order valence-electron chi connectivity index (χ1n) is 12.8. The molecule has 3 amide bonds. The van der Waals surface area contributed by atoms with E-state index in [0.717, 1.165) is 5.70 Å². The van der Waals surface area contributed by atoms with E-state index in [9.17, 15) is 18.0 Å². The molecule has 12 nitrogen and oxygen atoms in total. The number of piperazine rings is 1. The number of rotatable bonds is 4. The normalized spacial score (nSPS) is 21.9. The Balaban J connectivity index is 1.37. The lowest BCUT2D eigenvalue weighted by molar-refractivity contribution is -0.130. The maximum absolute atomic E-state index is 13.7. The maximum Gasteiger partial charge on any atom is 0.339 e. The second-order valence-electron chi connectivity index (χ2n) is 10.2. The molecule has 3 aliphatic heterocycles. The summed E-state index contributed by atoms with van der Waals surface area (Å²) in [6.07, 6.45) is 5.95. The van der Waals surface area contributed by atoms with Gasteiger partial charge in [0.05, 0.1) is 11.7 Å². The highest BCUT2D eigenvalue weighted by Crippen LogP contribution is 2.30. The second kappa shape index (κ2) is 10.0. The number of H-pyrrole nitrogens is 1. The van der Waals surface area contributed by atoms with Gasteiger partial charge in [-0.05, 0) is 31.2 Å². The quantitative estimate of drug-likeness (QED) is 0.542. The highest BCUT2D eigenvalue weighted by atomic mass is 32.2. The molecular formula is C26H33N7O5S. The topological polar surface area (TPSA) is 122 Å². The lowest BCUT2D eigenvalue weighted by atomic mass is 10.1. The van der Waals surface area contributed by atoms with E-state index in [1.165, 1.54) is 14.2 Å². The molecule has 13 heteroatoms. The number of nitrogens with zero attached hydrogens (tertiary/aromatic N) is 5. The van der Waals surface area contributed by atoms with Gasteiger partial charge in [0.25, 0.3) is 10.0 Å². The van der Waals surface area contributed by atoms with Crippen molar-refractivity contribution in [2.45, 2.75) is 37.1 Å². The van der Waals surface area contributed by atoms with Gasteiger partial charge in [0, 0.05) is 76.6 Å². The lowest BCUT2D eigenvalue weighted by Gasteiger charge is -2.43. The number of amides is 3. The standard InChI is InChI=1S/C26H33N7O5S/c1-6-18-7-8-21-19(13-18)14-23(27-21)39(36,37)31-11-12-32(20(16-31)15-24(34)29(3)4)26(35)33-10-9-22-25(28-33)38-17(2)30(22)5/h1,7-8,13-14,17,20,27-28H,9-12,15-16H2,2-5H3. The summed E-state index contributed by atoms with van der Waals surface area (Å²) in [5.41, 5.74) is 5.37. The van der Waals surface area contributed by atoms with Gasteiger partial charge in [0.1, 0.15) is 5.03 Å². The van der Waals surface area contributed by atoms with Crippen LogP contribution in [0.1, 0.15) is 25.3 Å². The van der Waals surface area contributed by atoms with E-state index in [4.69, 9.17) is 11.2 Å². The molecule has 0 aliphatic carbocycles. The summed E-state index contributed by atoms with van der Waals surface area (Å²) in [5, 5.41) is 2.21. The Bertz CT molecular complexity index is 1490. The van der Waals surface area contributed by atoms with Crippen LogP contribution in [0.25, 0.3) is 10.9 Å². The Morgan fingerprint density at radius 3 is 2.69 bits per heavy atom. The molecule has 0 radical (unpaired) electrons. The molecular weight excluding hydrogens is 522 g/mol. The van der Waals surface area contributed by atoms with Crippen LogP contribution in [0.2, 0.25) is 0 Å². The van der Waals surface area contributed by atoms with Crippen LogP contribution in [0.15, 0.2) is 40.9 Å². The predicted octanol–water partition coefficient (Wildman–Crippen LogP) is 1.11. The molecule has 0 spiro atoms. The molecule has 3 aliphatic rings. The molecule has 208 valence electrons. The number of terminal acetylenes is 1. The van der Waals surface area contributed by atoms with Crippen LogP contribution in [0.5, 0.6) is 0 Å². The fourth-order valence-electron chi connectivity index (χ4n) is 5.10. The van der Waals surface area contributed by atoms with Crippen LogP contribution in [-0.4, -0.2) is 109 Å². The number of urea groups is 1. The predicted molar refractivity (Wildman–Crippen MR) is 144 cm³/mol. The molecule has 4 heterocycles. The molecule has 1 aromatic carbocycles. The van der Waals surface area contributed by atoms with Crippen molar-refractivity contribution in [3.05, 3.63) is 41.4 Å². The minimum Gasteiger partial charge on any atom is -0.453 e. The van der Waals surface area contributed by atoms with Crippen molar-refractivity contribution < 1.29 is 22.7 Å². The van der Waals surface area contributed by atoms with Crippen LogP contribution in [0.4, 0.5) is 4.79 Å². The largest absolute Gasteiger partial charge is 0.453 e. The van der Waals surface area contributed by atoms with Gasteiger partial charge < -0.3 is 24.4 Å². The molecule has 2 unspecified atom stereocenters. The number of fused-ring (bicyclic) bond motifs is 1. The minimum absolute atomic E-state index is 0.0128. The number of nitrogens with one attached hydrogen (secondary N) is 2. The van der Waals surface area contributed by atoms with Gasteiger partial charge >= 0.3 is 6.03 Å². The number of aromatic amines is 1. The first-order valence-corrected chi connectivity index (χ1v) is 14.2. The third-order valence-corrected chi connectivity index (χ3v) is 9.33. The van der Waals surface area contributed by atoms with Gasteiger partial charge in [-0.25, -0.2) is 18.2 Å². The van der Waals surface area contributed by atoms with E-state index in [2.05, 4.69) is 16.3 Å². The molecule has 2 atom stereocenters. The van der Waals surface area contributed by atoms with E-state index >= 15 is 0 Å². The number of hydrogen-bond donors (Lipinski definition) is 2. The van der Waals surface area contributed by atoms with Gasteiger partial charge in [0.15, 0.2) is 6.23 Å². The number of carbonyl (C=O) groups excluding carboxylic acids is 2. The number of sulfonamides is 1. The number of aromatic nitrogens is 1. The third-order valence-electron chi connectivity index (χ3n) is 7.54. The van der Waals surface area contributed by atoms with Crippen molar-refractivity contribution in [3.8, 4) is 12.3 Å². The fraction of sp³-hybridized carbons (Fsp3) is 0.462. The molecule has 1 saturated heterocycles. The number of hydrogen-bond acceptors (Lipinski definition) is 7. The van der Waals surface area contributed by atoms with E-state index in [-0.39, 0.29) is 49.2 Å². The monoisotopic (exact) mass is 555 g/mol. The smallest absolute Gasteiger partial charge is 0.339 e. The first kappa shape index (κ1) is 26.7. The van der Waals surface area contributed by atoms with Crippen LogP contribution in [-0.2, 0) is 19.6 Å². The van der Waals surface area contributed by atoms with Crippen molar-refractivity contribution in [2.24, 2.45) is 0 Å². The molecule has 2 N–H and O–H groups in total. The number of benzene rings is 1. The summed E-state index contributed by atoms with van der Waals surface area (Å²) in [7, 11) is 1.28. The molecule has 0 bridgehead atoms. The summed E-state index contributed by atoms with van der Waals surface area (Å²) in [5.74, 6) is 2.90. The van der Waals surface area contributed by atoms with E-state index in [1.807, 2.05) is 18.9 Å². The summed E-state index contributed by atoms with van der Waals surface area (Å²) >= 11 is 0. The van der Waals surface area contributed by atoms with Crippen molar-refractivity contribution in [2.75, 3.05) is 47.3 Å². The molecule has 1 fully saturated rings. The Kier molecular flexibility index (Phi) is 6.86. The summed E-state index contributed by atoms with van der Waals surface area (Å²) < 4.78 is 34.5. The van der Waals surface area contributed by atoms with Crippen molar-refractivity contribution in [1.29, 1.82) is 0 Å². The van der Waals surface area contributed by atoms with Gasteiger partial charge in [-0.15, -0.1) is 6.42 Å². The zero-order valence-electron chi connectivity index (χ0n) is 22.5. The highest BCUT2D eigenvalue weighted by molar-refractivity contribution is 7.89. The van der Waals surface area contributed by atoms with Gasteiger partial charge in [-0.3, -0.25) is 10.2 Å². The number of hydrazine groups is 1. The molecule has 39 heavy (non-hydrogen) atoms. The van der Waals surface area contributed by atoms with Gasteiger partial charge in [-0.2, -0.15) is 4.31 Å². The summed E-state index contributed by atoms with van der Waals surface area (Å²) in [6.45, 7) is 2.54. The Hall–Kier alpha value is -3.89. The highest BCUT2D eigenvalue weighted by Gasteiger charge is 2.41. The van der Waals surface area contributed by atoms with Crippen LogP contribution >= 0.6 is 0 Å². The zero-order chi connectivity index (χ0) is 28.1. The molecule has 1 aromatic heterocycles. The van der Waals surface area contributed by atoms with Crippen molar-refractivity contribution in [3.63, 3.8) is 0 Å². The maximum atomic E-state index is 13.7. The molecule has 2 aromatic rings. The number of carbonyl (C=O) groups is 2. The molecule has 5 rings (SSSR count). The van der Waals surface area contributed by atoms with E-state index in [0.29, 0.717) is 35.3 Å². The van der Waals surface area contributed by atoms with Crippen molar-refractivity contribution >= 4 is 32.9 Å². The zero-order valence-corrected chi connectivity index (χ0v) is 23.3. The first-order chi connectivity index (χ1) is 18.5. The van der Waals surface area contributed by atoms with Crippen LogP contribution < -0.4 is 5.43 Å². The van der Waals surface area contributed by atoms with E-state index in [1.54, 1.807) is 43.3 Å². The second-order valence-corrected chi connectivity index (χ2v) is 12.1. The average Bonchev–Trinajstić information content (AvgIpc) is 3.48. The minimum atomic E-state index is -3.93. The molecule has 0 saturated carbocycles. The van der Waals surface area contributed by atoms with Crippen LogP contribution in [0, 0.1) is 12.3 Å². The Morgan fingerprint density at radius 2 is 1.97 bits per heavy atom. The Morgan fingerprint density at radius 1 is 1.21 bits per heavy atom.